The molecule has 1 heterocycles. The zero-order valence-electron chi connectivity index (χ0n) is 12.0. The molecule has 0 saturated heterocycles. The average molecular weight is 348 g/mol. The van der Waals surface area contributed by atoms with Gasteiger partial charge in [0.1, 0.15) is 11.1 Å². The maximum Gasteiger partial charge on any atom is 0.349 e. The van der Waals surface area contributed by atoms with Crippen molar-refractivity contribution < 1.29 is 9.21 Å². The van der Waals surface area contributed by atoms with Crippen molar-refractivity contribution in [1.29, 1.82) is 0 Å². The molecule has 2 aromatic carbocycles. The van der Waals surface area contributed by atoms with E-state index in [9.17, 15) is 9.59 Å². The number of aryl methyl sites for hydroxylation is 1. The second-order valence-electron chi connectivity index (χ2n) is 5.05. The Kier molecular flexibility index (Phi) is 4.11. The van der Waals surface area contributed by atoms with Gasteiger partial charge in [0.25, 0.3) is 5.91 Å². The van der Waals surface area contributed by atoms with E-state index in [1.165, 1.54) is 18.2 Å². The fourth-order valence-corrected chi connectivity index (χ4v) is 2.80. The molecule has 0 aliphatic rings. The van der Waals surface area contributed by atoms with E-state index < -0.39 is 11.5 Å². The second-order valence-corrected chi connectivity index (χ2v) is 5.93. The summed E-state index contributed by atoms with van der Waals surface area (Å²) in [6.45, 7) is 1.83. The summed E-state index contributed by atoms with van der Waals surface area (Å²) in [5.74, 6) is -0.583. The van der Waals surface area contributed by atoms with E-state index in [1.807, 2.05) is 19.1 Å². The molecule has 0 fully saturated rings. The molecule has 4 nitrogen and oxygen atoms in total. The molecule has 6 heteroatoms. The molecule has 0 aliphatic heterocycles. The smallest absolute Gasteiger partial charge is 0.349 e. The Morgan fingerprint density at radius 2 is 1.78 bits per heavy atom. The van der Waals surface area contributed by atoms with Crippen LogP contribution in [0.3, 0.4) is 0 Å². The molecular weight excluding hydrogens is 337 g/mol. The van der Waals surface area contributed by atoms with E-state index >= 15 is 0 Å². The van der Waals surface area contributed by atoms with Gasteiger partial charge in [-0.15, -0.1) is 0 Å². The molecule has 0 saturated carbocycles. The molecule has 0 bridgehead atoms. The van der Waals surface area contributed by atoms with Crippen molar-refractivity contribution in [2.45, 2.75) is 6.92 Å². The van der Waals surface area contributed by atoms with E-state index in [0.29, 0.717) is 26.7 Å². The van der Waals surface area contributed by atoms with Crippen LogP contribution >= 0.6 is 23.2 Å². The van der Waals surface area contributed by atoms with Gasteiger partial charge in [-0.05, 0) is 36.8 Å². The summed E-state index contributed by atoms with van der Waals surface area (Å²) in [4.78, 5) is 24.4. The van der Waals surface area contributed by atoms with Gasteiger partial charge in [0.2, 0.25) is 0 Å². The molecule has 1 N–H and O–H groups in total. The number of para-hydroxylation sites is 1. The summed E-state index contributed by atoms with van der Waals surface area (Å²) in [5, 5.41) is 4.04. The molecule has 23 heavy (non-hydrogen) atoms. The molecule has 3 aromatic rings. The number of fused-ring (bicyclic) bond motifs is 1. The van der Waals surface area contributed by atoms with Crippen LogP contribution in [0.1, 0.15) is 15.9 Å². The maximum absolute atomic E-state index is 12.3. The molecule has 1 aromatic heterocycles. The van der Waals surface area contributed by atoms with Gasteiger partial charge >= 0.3 is 5.63 Å². The van der Waals surface area contributed by atoms with Crippen molar-refractivity contribution in [2.75, 3.05) is 5.32 Å². The molecule has 0 radical (unpaired) electrons. The highest BCUT2D eigenvalue weighted by molar-refractivity contribution is 6.35. The second kappa shape index (κ2) is 6.07. The van der Waals surface area contributed by atoms with Gasteiger partial charge in [-0.2, -0.15) is 0 Å². The summed E-state index contributed by atoms with van der Waals surface area (Å²) < 4.78 is 5.26. The monoisotopic (exact) mass is 347 g/mol. The lowest BCUT2D eigenvalue weighted by Crippen LogP contribution is -2.20. The van der Waals surface area contributed by atoms with Gasteiger partial charge in [0, 0.05) is 21.1 Å². The number of amides is 1. The molecule has 3 rings (SSSR count). The van der Waals surface area contributed by atoms with E-state index in [4.69, 9.17) is 27.6 Å². The molecular formula is C17H11Cl2NO3. The van der Waals surface area contributed by atoms with Crippen molar-refractivity contribution in [3.05, 3.63) is 74.1 Å². The lowest BCUT2D eigenvalue weighted by atomic mass is 10.1. The van der Waals surface area contributed by atoms with Crippen molar-refractivity contribution in [3.8, 4) is 0 Å². The van der Waals surface area contributed by atoms with Gasteiger partial charge < -0.3 is 9.73 Å². The van der Waals surface area contributed by atoms with Gasteiger partial charge in [0.15, 0.2) is 0 Å². The van der Waals surface area contributed by atoms with Crippen molar-refractivity contribution in [2.24, 2.45) is 0 Å². The highest BCUT2D eigenvalue weighted by atomic mass is 35.5. The Morgan fingerprint density at radius 3 is 2.48 bits per heavy atom. The highest BCUT2D eigenvalue weighted by Gasteiger charge is 2.15. The van der Waals surface area contributed by atoms with E-state index in [1.54, 1.807) is 12.1 Å². The highest BCUT2D eigenvalue weighted by Crippen LogP contribution is 2.23. The third kappa shape index (κ3) is 3.23. The lowest BCUT2D eigenvalue weighted by molar-refractivity contribution is 0.102. The topological polar surface area (TPSA) is 59.3 Å². The summed E-state index contributed by atoms with van der Waals surface area (Å²) in [7, 11) is 0. The number of hydrogen-bond acceptors (Lipinski definition) is 3. The number of anilines is 1. The Labute approximate surface area is 141 Å². The Hall–Kier alpha value is -2.30. The molecule has 0 unspecified atom stereocenters. The van der Waals surface area contributed by atoms with Crippen molar-refractivity contribution in [1.82, 2.24) is 0 Å². The normalized spacial score (nSPS) is 10.7. The van der Waals surface area contributed by atoms with Crippen LogP contribution in [0.4, 0.5) is 5.69 Å². The largest absolute Gasteiger partial charge is 0.422 e. The number of nitrogens with one attached hydrogen (secondary N) is 1. The Balaban J connectivity index is 2.01. The van der Waals surface area contributed by atoms with E-state index in [-0.39, 0.29) is 5.56 Å². The van der Waals surface area contributed by atoms with Crippen LogP contribution in [0.25, 0.3) is 11.0 Å². The van der Waals surface area contributed by atoms with Crippen LogP contribution in [0.15, 0.2) is 51.7 Å². The zero-order valence-corrected chi connectivity index (χ0v) is 13.5. The minimum Gasteiger partial charge on any atom is -0.422 e. The molecule has 0 aliphatic carbocycles. The number of benzene rings is 2. The molecule has 116 valence electrons. The SMILES string of the molecule is Cc1cccc2cc(C(=O)Nc3cc(Cl)cc(Cl)c3)c(=O)oc12. The summed E-state index contributed by atoms with van der Waals surface area (Å²) in [6.07, 6.45) is 0. The first-order valence-corrected chi connectivity index (χ1v) is 7.50. The first kappa shape index (κ1) is 15.6. The predicted molar refractivity (Wildman–Crippen MR) is 91.6 cm³/mol. The van der Waals surface area contributed by atoms with E-state index in [0.717, 1.165) is 5.56 Å². The summed E-state index contributed by atoms with van der Waals surface area (Å²) >= 11 is 11.8. The number of carbonyl (C=O) groups excluding carboxylic acids is 1. The van der Waals surface area contributed by atoms with Gasteiger partial charge in [0.05, 0.1) is 0 Å². The minimum absolute atomic E-state index is 0.0841. The van der Waals surface area contributed by atoms with Gasteiger partial charge in [-0.3, -0.25) is 4.79 Å². The first-order valence-electron chi connectivity index (χ1n) is 6.75. The summed E-state index contributed by atoms with van der Waals surface area (Å²) in [6, 6.07) is 11.6. The molecule has 1 amide bonds. The fraction of sp³-hybridized carbons (Fsp3) is 0.0588. The van der Waals surface area contributed by atoms with Crippen LogP contribution in [0.5, 0.6) is 0 Å². The quantitative estimate of drug-likeness (QED) is 0.685. The zero-order chi connectivity index (χ0) is 16.6. The van der Waals surface area contributed by atoms with E-state index in [2.05, 4.69) is 5.32 Å². The van der Waals surface area contributed by atoms with Crippen LogP contribution in [0, 0.1) is 6.92 Å². The molecule has 0 spiro atoms. The van der Waals surface area contributed by atoms with Crippen LogP contribution in [0.2, 0.25) is 10.0 Å². The number of hydrogen-bond donors (Lipinski definition) is 1. The average Bonchev–Trinajstić information content (AvgIpc) is 2.46. The minimum atomic E-state index is -0.697. The third-order valence-corrected chi connectivity index (χ3v) is 3.76. The van der Waals surface area contributed by atoms with Crippen molar-refractivity contribution >= 4 is 45.8 Å². The van der Waals surface area contributed by atoms with Crippen LogP contribution in [-0.4, -0.2) is 5.91 Å². The standard InChI is InChI=1S/C17H11Cl2NO3/c1-9-3-2-4-10-5-14(17(22)23-15(9)10)16(21)20-13-7-11(18)6-12(19)8-13/h2-8H,1H3,(H,20,21). The van der Waals surface area contributed by atoms with Crippen LogP contribution < -0.4 is 10.9 Å². The van der Waals surface area contributed by atoms with Gasteiger partial charge in [-0.25, -0.2) is 4.79 Å². The fourth-order valence-electron chi connectivity index (χ4n) is 2.27. The van der Waals surface area contributed by atoms with Crippen molar-refractivity contribution in [3.63, 3.8) is 0 Å². The lowest BCUT2D eigenvalue weighted by Gasteiger charge is -2.07. The Morgan fingerprint density at radius 1 is 1.09 bits per heavy atom. The van der Waals surface area contributed by atoms with Gasteiger partial charge in [-0.1, -0.05) is 41.4 Å². The maximum atomic E-state index is 12.3. The summed E-state index contributed by atoms with van der Waals surface area (Å²) in [5.41, 5.74) is 0.917. The third-order valence-electron chi connectivity index (χ3n) is 3.32. The predicted octanol–water partition coefficient (Wildman–Crippen LogP) is 4.66. The number of carbonyl (C=O) groups is 1. The first-order chi connectivity index (χ1) is 10.9. The number of halogens is 2. The Bertz CT molecular complexity index is 959. The number of rotatable bonds is 2. The molecule has 0 atom stereocenters. The van der Waals surface area contributed by atoms with Crippen LogP contribution in [-0.2, 0) is 0 Å².